The highest BCUT2D eigenvalue weighted by Gasteiger charge is 2.30. The van der Waals surface area contributed by atoms with E-state index in [0.29, 0.717) is 64.8 Å². The van der Waals surface area contributed by atoms with Crippen LogP contribution in [0.1, 0.15) is 143 Å². The summed E-state index contributed by atoms with van der Waals surface area (Å²) in [6.07, 6.45) is -0.332. The van der Waals surface area contributed by atoms with Gasteiger partial charge in [0.2, 0.25) is 11.8 Å². The summed E-state index contributed by atoms with van der Waals surface area (Å²) in [5.41, 5.74) is 1.62. The van der Waals surface area contributed by atoms with Gasteiger partial charge in [0.1, 0.15) is 6.10 Å². The van der Waals surface area contributed by atoms with Crippen molar-refractivity contribution in [3.63, 3.8) is 0 Å². The molecule has 2 atom stereocenters. The molecule has 2 unspecified atom stereocenters. The molecule has 466 valence electrons. The molecule has 21 heteroatoms. The number of methoxy groups -OCH3 is 1. The number of carbonyl (C=O) groups is 4. The van der Waals surface area contributed by atoms with Crippen molar-refractivity contribution in [3.05, 3.63) is 113 Å². The first-order chi connectivity index (χ1) is 38.7. The lowest BCUT2D eigenvalue weighted by molar-refractivity contribution is -0.141. The Kier molecular flexibility index (Phi) is 34.2. The summed E-state index contributed by atoms with van der Waals surface area (Å²) >= 11 is 0. The monoisotopic (exact) mass is 1190 g/mol. The van der Waals surface area contributed by atoms with Crippen LogP contribution in [0.15, 0.2) is 96.0 Å². The summed E-state index contributed by atoms with van der Waals surface area (Å²) in [4.78, 5) is 52.1. The molecule has 0 saturated carbocycles. The summed E-state index contributed by atoms with van der Waals surface area (Å²) < 4.78 is 104. The fourth-order valence-corrected chi connectivity index (χ4v) is 8.34. The SMILES string of the molecule is C=S(=O)(NC(=O)NC(C)C)c1ccc(C)cc1.CC(C)OC(=O)c1ccccc1-c1ccc(C(F)(F)F)cc1.CC(C)OCC(C)Oc1ccc(C(C)(F)F)cn1.CCC(=O)NCC(C)C.COC(=O)CCN(CC(C)C)C1CCOCC1. The van der Waals surface area contributed by atoms with Crippen molar-refractivity contribution in [1.29, 1.82) is 0 Å². The van der Waals surface area contributed by atoms with Gasteiger partial charge >= 0.3 is 24.1 Å². The van der Waals surface area contributed by atoms with Crippen LogP contribution in [0.2, 0.25) is 0 Å². The van der Waals surface area contributed by atoms with Crippen LogP contribution in [0.3, 0.4) is 0 Å². The molecule has 4 aromatic rings. The predicted molar refractivity (Wildman–Crippen MR) is 319 cm³/mol. The number of rotatable bonds is 21. The summed E-state index contributed by atoms with van der Waals surface area (Å²) in [5, 5.41) is 5.40. The minimum atomic E-state index is -4.38. The van der Waals surface area contributed by atoms with E-state index in [4.69, 9.17) is 23.7 Å². The third-order valence-corrected chi connectivity index (χ3v) is 13.0. The molecule has 0 bridgehead atoms. The number of hydrogen-bond donors (Lipinski definition) is 3. The van der Waals surface area contributed by atoms with Crippen molar-refractivity contribution in [2.75, 3.05) is 46.6 Å². The van der Waals surface area contributed by atoms with Crippen LogP contribution in [0.5, 0.6) is 5.88 Å². The molecule has 2 heterocycles. The Morgan fingerprint density at radius 2 is 1.40 bits per heavy atom. The first-order valence-electron chi connectivity index (χ1n) is 28.0. The number of ether oxygens (including phenoxy) is 5. The molecule has 0 radical (unpaired) electrons. The van der Waals surface area contributed by atoms with Gasteiger partial charge in [-0.05, 0) is 133 Å². The van der Waals surface area contributed by atoms with Crippen LogP contribution < -0.4 is 20.1 Å². The Balaban J connectivity index is 0.000000530. The van der Waals surface area contributed by atoms with Crippen LogP contribution in [0.4, 0.5) is 26.7 Å². The zero-order chi connectivity index (χ0) is 63.1. The Morgan fingerprint density at radius 3 is 1.88 bits per heavy atom. The van der Waals surface area contributed by atoms with Crippen molar-refractivity contribution in [3.8, 4) is 17.0 Å². The second-order valence-corrected chi connectivity index (χ2v) is 23.5. The van der Waals surface area contributed by atoms with Gasteiger partial charge in [0.05, 0.1) is 53.2 Å². The van der Waals surface area contributed by atoms with E-state index in [2.05, 4.69) is 58.8 Å². The standard InChI is InChI=1S/C17H15F3O2.C13H19F2NO2.C13H25NO3.C12H18N2O2S.C7H15NO/c1-11(2)22-16(21)15-6-4-3-5-14(15)12-7-9-13(10-8-12)17(18,19)20;1-9(2)17-8-10(3)18-12-6-5-11(7-16-12)13(4,14)15;1-11(2)10-14(7-4-13(15)16-3)12-5-8-17-9-6-12;1-9(2)13-12(15)14-17(4,16)11-7-5-10(3)6-8-11;1-4-7(9)8-5-6(2)3/h3-11H,1-2H3;5-7,9-10H,8H2,1-4H3;11-12H,4-10H2,1-3H3;5-9H,4H2,1-3H3,(H2,13,14,15,16);6H,4-5H2,1-3H3,(H,8,9). The molecule has 83 heavy (non-hydrogen) atoms. The number of urea groups is 1. The van der Waals surface area contributed by atoms with Crippen LogP contribution in [0.25, 0.3) is 11.1 Å². The van der Waals surface area contributed by atoms with E-state index in [-0.39, 0.29) is 41.8 Å². The largest absolute Gasteiger partial charge is 0.472 e. The average molecular weight is 1190 g/mol. The molecule has 0 spiro atoms. The molecule has 1 aliphatic heterocycles. The molecule has 15 nitrogen and oxygen atoms in total. The van der Waals surface area contributed by atoms with Crippen LogP contribution >= 0.6 is 0 Å². The normalized spacial score (nSPS) is 13.6. The number of amides is 3. The molecular weight excluding hydrogens is 1100 g/mol. The van der Waals surface area contributed by atoms with E-state index < -0.39 is 39.4 Å². The number of esters is 2. The van der Waals surface area contributed by atoms with Crippen molar-refractivity contribution >= 4 is 39.5 Å². The van der Waals surface area contributed by atoms with Gasteiger partial charge in [-0.15, -0.1) is 0 Å². The Bertz CT molecular complexity index is 2610. The number of hydrogen-bond acceptors (Lipinski definition) is 12. The first kappa shape index (κ1) is 74.9. The Hall–Kier alpha value is -6.16. The zero-order valence-corrected chi connectivity index (χ0v) is 52.1. The number of benzene rings is 3. The van der Waals surface area contributed by atoms with Crippen molar-refractivity contribution < 1.29 is 69.0 Å². The minimum Gasteiger partial charge on any atom is -0.472 e. The van der Waals surface area contributed by atoms with Gasteiger partial charge in [0.15, 0.2) is 0 Å². The highest BCUT2D eigenvalue weighted by atomic mass is 32.2. The van der Waals surface area contributed by atoms with Gasteiger partial charge in [0.25, 0.3) is 5.92 Å². The molecule has 0 aliphatic carbocycles. The topological polar surface area (TPSA) is 184 Å². The maximum atomic E-state index is 13.0. The molecule has 3 amide bonds. The fourth-order valence-electron chi connectivity index (χ4n) is 7.29. The third-order valence-electron chi connectivity index (χ3n) is 11.5. The first-order valence-corrected chi connectivity index (χ1v) is 29.7. The molecule has 1 aromatic heterocycles. The zero-order valence-electron chi connectivity index (χ0n) is 51.3. The lowest BCUT2D eigenvalue weighted by atomic mass is 9.98. The molecule has 3 N–H and O–H groups in total. The van der Waals surface area contributed by atoms with Crippen molar-refractivity contribution in [1.82, 2.24) is 25.2 Å². The smallest absolute Gasteiger partial charge is 0.416 e. The second-order valence-electron chi connectivity index (χ2n) is 21.5. The van der Waals surface area contributed by atoms with Crippen LogP contribution in [-0.2, 0) is 50.3 Å². The number of nitrogens with zero attached hydrogens (tertiary/aromatic N) is 2. The number of carbonyl (C=O) groups excluding carboxylic acids is 4. The Labute approximate surface area is 490 Å². The fraction of sp³-hybridized carbons (Fsp3) is 0.548. The summed E-state index contributed by atoms with van der Waals surface area (Å²) in [6, 6.07) is 21.3. The number of halogens is 5. The van der Waals surface area contributed by atoms with Gasteiger partial charge in [0, 0.05) is 81.0 Å². The van der Waals surface area contributed by atoms with E-state index in [1.54, 1.807) is 50.2 Å². The number of pyridine rings is 1. The van der Waals surface area contributed by atoms with E-state index in [9.17, 15) is 45.3 Å². The Morgan fingerprint density at radius 1 is 0.807 bits per heavy atom. The predicted octanol–water partition coefficient (Wildman–Crippen LogP) is 12.9. The minimum absolute atomic E-state index is 0.0109. The van der Waals surface area contributed by atoms with Gasteiger partial charge in [-0.25, -0.2) is 27.6 Å². The van der Waals surface area contributed by atoms with E-state index in [1.807, 2.05) is 60.6 Å². The third kappa shape index (κ3) is 32.5. The lowest BCUT2D eigenvalue weighted by Crippen LogP contribution is -2.42. The molecule has 1 fully saturated rings. The van der Waals surface area contributed by atoms with E-state index >= 15 is 0 Å². The van der Waals surface area contributed by atoms with Crippen molar-refractivity contribution in [2.24, 2.45) is 11.8 Å². The molecule has 1 saturated heterocycles. The van der Waals surface area contributed by atoms with Crippen LogP contribution in [0, 0.1) is 18.8 Å². The number of aromatic nitrogens is 1. The van der Waals surface area contributed by atoms with Gasteiger partial charge in [-0.1, -0.05) is 82.6 Å². The summed E-state index contributed by atoms with van der Waals surface area (Å²) in [5.74, 6) is 1.72. The van der Waals surface area contributed by atoms with Crippen LogP contribution in [-0.4, -0.2) is 121 Å². The highest BCUT2D eigenvalue weighted by Crippen LogP contribution is 2.32. The summed E-state index contributed by atoms with van der Waals surface area (Å²) in [6.45, 7) is 30.8. The number of alkyl halides is 5. The van der Waals surface area contributed by atoms with Gasteiger partial charge < -0.3 is 34.3 Å². The van der Waals surface area contributed by atoms with E-state index in [0.717, 1.165) is 76.5 Å². The lowest BCUT2D eigenvalue weighted by Gasteiger charge is -2.35. The molecule has 1 aliphatic rings. The average Bonchev–Trinajstić information content (AvgIpc) is 3.48. The summed E-state index contributed by atoms with van der Waals surface area (Å²) in [7, 11) is -1.34. The molecular formula is C62H92F5N5O10S. The number of nitrogens with one attached hydrogen (secondary N) is 3. The highest BCUT2D eigenvalue weighted by molar-refractivity contribution is 7.99. The molecule has 3 aromatic carbocycles. The van der Waals surface area contributed by atoms with Gasteiger partial charge in [-0.2, -0.15) is 13.2 Å². The van der Waals surface area contributed by atoms with E-state index in [1.165, 1.54) is 31.4 Å². The second kappa shape index (κ2) is 37.9. The number of aryl methyl sites for hydroxylation is 1. The quantitative estimate of drug-likeness (QED) is 0.0408. The maximum absolute atomic E-state index is 13.0. The van der Waals surface area contributed by atoms with Gasteiger partial charge in [-0.3, -0.25) is 19.2 Å². The molecule has 5 rings (SSSR count). The maximum Gasteiger partial charge on any atom is 0.416 e. The van der Waals surface area contributed by atoms with Crippen molar-refractivity contribution in [2.45, 2.75) is 170 Å².